The van der Waals surface area contributed by atoms with E-state index in [1.54, 1.807) is 0 Å². The van der Waals surface area contributed by atoms with Gasteiger partial charge in [-0.2, -0.15) is 0 Å². The highest BCUT2D eigenvalue weighted by atomic mass is 15.2. The van der Waals surface area contributed by atoms with E-state index in [-0.39, 0.29) is 5.54 Å². The fourth-order valence-corrected chi connectivity index (χ4v) is 1.76. The number of hydrogen-bond donors (Lipinski definition) is 1. The highest BCUT2D eigenvalue weighted by Gasteiger charge is 2.28. The van der Waals surface area contributed by atoms with Crippen molar-refractivity contribution in [3.63, 3.8) is 0 Å². The molecule has 0 saturated carbocycles. The van der Waals surface area contributed by atoms with Gasteiger partial charge >= 0.3 is 0 Å². The highest BCUT2D eigenvalue weighted by Crippen LogP contribution is 2.14. The molecule has 2 nitrogen and oxygen atoms in total. The molecule has 13 heavy (non-hydrogen) atoms. The van der Waals surface area contributed by atoms with E-state index in [9.17, 15) is 0 Å². The van der Waals surface area contributed by atoms with E-state index in [1.165, 1.54) is 0 Å². The summed E-state index contributed by atoms with van der Waals surface area (Å²) in [4.78, 5) is 2.52. The number of hydrogen-bond acceptors (Lipinski definition) is 2. The van der Waals surface area contributed by atoms with Gasteiger partial charge in [-0.05, 0) is 27.7 Å². The lowest BCUT2D eigenvalue weighted by molar-refractivity contribution is 0.117. The summed E-state index contributed by atoms with van der Waals surface area (Å²) < 4.78 is 0. The van der Waals surface area contributed by atoms with Crippen molar-refractivity contribution < 1.29 is 0 Å². The van der Waals surface area contributed by atoms with Crippen molar-refractivity contribution in [2.75, 3.05) is 19.6 Å². The normalized spacial score (nSPS) is 29.7. The molecule has 0 amide bonds. The Morgan fingerprint density at radius 3 is 2.85 bits per heavy atom. The maximum Gasteiger partial charge on any atom is 0.0253 e. The van der Waals surface area contributed by atoms with Gasteiger partial charge < -0.3 is 5.32 Å². The standard InChI is InChI=1S/C11H22N2/c1-5-6-7-13-9-11(3,4)12-8-10(13)2/h5-6,10,12H,7-9H2,1-4H3/b6-5+. The van der Waals surface area contributed by atoms with Gasteiger partial charge in [-0.25, -0.2) is 0 Å². The highest BCUT2D eigenvalue weighted by molar-refractivity contribution is 4.93. The minimum Gasteiger partial charge on any atom is -0.309 e. The Morgan fingerprint density at radius 1 is 1.54 bits per heavy atom. The molecular formula is C11H22N2. The third kappa shape index (κ3) is 3.12. The van der Waals surface area contributed by atoms with Crippen molar-refractivity contribution in [3.8, 4) is 0 Å². The summed E-state index contributed by atoms with van der Waals surface area (Å²) in [6.07, 6.45) is 4.36. The first-order valence-electron chi connectivity index (χ1n) is 5.15. The number of nitrogens with one attached hydrogen (secondary N) is 1. The molecule has 0 aromatic heterocycles. The van der Waals surface area contributed by atoms with E-state index in [4.69, 9.17) is 0 Å². The second-order valence-electron chi connectivity index (χ2n) is 4.61. The maximum atomic E-state index is 3.55. The zero-order valence-corrected chi connectivity index (χ0v) is 9.30. The smallest absolute Gasteiger partial charge is 0.0253 e. The van der Waals surface area contributed by atoms with Crippen molar-refractivity contribution in [2.24, 2.45) is 0 Å². The molecule has 1 N–H and O–H groups in total. The van der Waals surface area contributed by atoms with Gasteiger partial charge in [0.2, 0.25) is 0 Å². The number of nitrogens with zero attached hydrogens (tertiary/aromatic N) is 1. The fraction of sp³-hybridized carbons (Fsp3) is 0.818. The molecule has 1 unspecified atom stereocenters. The summed E-state index contributed by atoms with van der Waals surface area (Å²) in [5.74, 6) is 0. The van der Waals surface area contributed by atoms with E-state index in [0.717, 1.165) is 19.6 Å². The van der Waals surface area contributed by atoms with Gasteiger partial charge in [-0.1, -0.05) is 12.2 Å². The molecule has 1 saturated heterocycles. The first-order valence-corrected chi connectivity index (χ1v) is 5.15. The first-order chi connectivity index (χ1) is 6.05. The van der Waals surface area contributed by atoms with Crippen molar-refractivity contribution in [1.29, 1.82) is 0 Å². The second kappa shape index (κ2) is 4.25. The molecule has 1 fully saturated rings. The third-order valence-corrected chi connectivity index (χ3v) is 2.67. The topological polar surface area (TPSA) is 15.3 Å². The van der Waals surface area contributed by atoms with Gasteiger partial charge in [0, 0.05) is 31.2 Å². The van der Waals surface area contributed by atoms with E-state index in [0.29, 0.717) is 6.04 Å². The monoisotopic (exact) mass is 182 g/mol. The molecule has 76 valence electrons. The van der Waals surface area contributed by atoms with Crippen LogP contribution in [0, 0.1) is 0 Å². The van der Waals surface area contributed by atoms with E-state index < -0.39 is 0 Å². The van der Waals surface area contributed by atoms with Crippen LogP contribution in [0.2, 0.25) is 0 Å². The maximum absolute atomic E-state index is 3.55. The van der Waals surface area contributed by atoms with E-state index in [2.05, 4.69) is 50.1 Å². The van der Waals surface area contributed by atoms with Gasteiger partial charge in [-0.3, -0.25) is 4.90 Å². The average Bonchev–Trinajstić information content (AvgIpc) is 2.07. The molecule has 0 aromatic rings. The van der Waals surface area contributed by atoms with Crippen molar-refractivity contribution in [3.05, 3.63) is 12.2 Å². The van der Waals surface area contributed by atoms with Gasteiger partial charge in [0.15, 0.2) is 0 Å². The molecule has 1 aliphatic heterocycles. The van der Waals surface area contributed by atoms with Crippen molar-refractivity contribution in [2.45, 2.75) is 39.3 Å². The number of piperazine rings is 1. The van der Waals surface area contributed by atoms with E-state index in [1.807, 2.05) is 0 Å². The average molecular weight is 182 g/mol. The molecule has 1 aliphatic rings. The molecule has 1 rings (SSSR count). The second-order valence-corrected chi connectivity index (χ2v) is 4.61. The van der Waals surface area contributed by atoms with Crippen LogP contribution in [0.5, 0.6) is 0 Å². The fourth-order valence-electron chi connectivity index (χ4n) is 1.76. The van der Waals surface area contributed by atoms with Crippen LogP contribution in [0.15, 0.2) is 12.2 Å². The van der Waals surface area contributed by atoms with Crippen LogP contribution in [-0.2, 0) is 0 Å². The van der Waals surface area contributed by atoms with Crippen LogP contribution in [0.1, 0.15) is 27.7 Å². The molecule has 0 aromatic carbocycles. The van der Waals surface area contributed by atoms with Crippen molar-refractivity contribution in [1.82, 2.24) is 10.2 Å². The lowest BCUT2D eigenvalue weighted by Gasteiger charge is -2.43. The summed E-state index contributed by atoms with van der Waals surface area (Å²) >= 11 is 0. The van der Waals surface area contributed by atoms with Crippen LogP contribution >= 0.6 is 0 Å². The summed E-state index contributed by atoms with van der Waals surface area (Å²) in [6.45, 7) is 12.2. The Balaban J connectivity index is 2.50. The predicted molar refractivity (Wildman–Crippen MR) is 57.9 cm³/mol. The molecular weight excluding hydrogens is 160 g/mol. The SMILES string of the molecule is C/C=C/CN1CC(C)(C)NCC1C. The third-order valence-electron chi connectivity index (χ3n) is 2.67. The molecule has 0 aliphatic carbocycles. The Hall–Kier alpha value is -0.340. The van der Waals surface area contributed by atoms with Gasteiger partial charge in [0.05, 0.1) is 0 Å². The Kier molecular flexibility index (Phi) is 3.51. The van der Waals surface area contributed by atoms with Gasteiger partial charge in [0.1, 0.15) is 0 Å². The van der Waals surface area contributed by atoms with Crippen LogP contribution in [0.25, 0.3) is 0 Å². The summed E-state index contributed by atoms with van der Waals surface area (Å²) in [5.41, 5.74) is 0.272. The zero-order valence-electron chi connectivity index (χ0n) is 9.30. The Bertz CT molecular complexity index is 185. The molecule has 2 heteroatoms. The van der Waals surface area contributed by atoms with E-state index >= 15 is 0 Å². The predicted octanol–water partition coefficient (Wildman–Crippen LogP) is 1.63. The lowest BCUT2D eigenvalue weighted by atomic mass is 9.99. The van der Waals surface area contributed by atoms with Crippen LogP contribution in [0.3, 0.4) is 0 Å². The number of rotatable bonds is 2. The summed E-state index contributed by atoms with van der Waals surface area (Å²) in [7, 11) is 0. The lowest BCUT2D eigenvalue weighted by Crippen LogP contribution is -2.60. The largest absolute Gasteiger partial charge is 0.309 e. The molecule has 0 bridgehead atoms. The first kappa shape index (κ1) is 10.7. The van der Waals surface area contributed by atoms with Crippen LogP contribution in [0.4, 0.5) is 0 Å². The quantitative estimate of drug-likeness (QED) is 0.653. The molecule has 0 radical (unpaired) electrons. The van der Waals surface area contributed by atoms with Crippen LogP contribution < -0.4 is 5.32 Å². The van der Waals surface area contributed by atoms with Gasteiger partial charge in [0.25, 0.3) is 0 Å². The number of allylic oxidation sites excluding steroid dienone is 1. The van der Waals surface area contributed by atoms with Crippen molar-refractivity contribution >= 4 is 0 Å². The summed E-state index contributed by atoms with van der Waals surface area (Å²) in [5, 5.41) is 3.55. The van der Waals surface area contributed by atoms with Gasteiger partial charge in [-0.15, -0.1) is 0 Å². The zero-order chi connectivity index (χ0) is 9.90. The molecule has 1 atom stereocenters. The molecule has 0 spiro atoms. The minimum absolute atomic E-state index is 0.272. The van der Waals surface area contributed by atoms with Crippen LogP contribution in [-0.4, -0.2) is 36.1 Å². The minimum atomic E-state index is 0.272. The Morgan fingerprint density at radius 2 is 2.23 bits per heavy atom. The summed E-state index contributed by atoms with van der Waals surface area (Å²) in [6, 6.07) is 0.657. The Labute approximate surface area is 82.0 Å². The molecule has 1 heterocycles.